The van der Waals surface area contributed by atoms with Gasteiger partial charge in [-0.15, -0.1) is 10.2 Å². The molecule has 0 atom stereocenters. The third-order valence-corrected chi connectivity index (χ3v) is 4.69. The number of carbonyl (C=O) groups excluding carboxylic acids is 1. The lowest BCUT2D eigenvalue weighted by atomic mass is 10.1. The number of piperazine rings is 1. The van der Waals surface area contributed by atoms with Gasteiger partial charge in [0.2, 0.25) is 0 Å². The van der Waals surface area contributed by atoms with Gasteiger partial charge in [-0.2, -0.15) is 0 Å². The molecule has 1 fully saturated rings. The van der Waals surface area contributed by atoms with Crippen molar-refractivity contribution >= 4 is 11.7 Å². The number of fused-ring (bicyclic) bond motifs is 1. The second kappa shape index (κ2) is 6.60. The molecule has 0 unspecified atom stereocenters. The van der Waals surface area contributed by atoms with Gasteiger partial charge in [0.1, 0.15) is 0 Å². The fraction of sp³-hybridized carbons (Fsp3) is 0.333. The van der Waals surface area contributed by atoms with Crippen LogP contribution >= 0.6 is 0 Å². The van der Waals surface area contributed by atoms with E-state index in [1.165, 1.54) is 0 Å². The van der Waals surface area contributed by atoms with E-state index in [2.05, 4.69) is 27.0 Å². The molecule has 1 amide bonds. The fourth-order valence-electron chi connectivity index (χ4n) is 3.15. The van der Waals surface area contributed by atoms with Crippen molar-refractivity contribution in [3.05, 3.63) is 48.3 Å². The fourth-order valence-corrected chi connectivity index (χ4v) is 3.15. The highest BCUT2D eigenvalue weighted by atomic mass is 16.2. The molecule has 0 saturated carbocycles. The van der Waals surface area contributed by atoms with Gasteiger partial charge in [0.25, 0.3) is 11.7 Å². The third kappa shape index (κ3) is 2.98. The van der Waals surface area contributed by atoms with E-state index >= 15 is 0 Å². The standard InChI is InChI=1S/C18H20N6O/c1-2-22-10-12-23(13-11-22)17(25)15-6-4-14(5-7-15)16-20-21-18-19-8-3-9-24(16)18/h3-9H,2,10-13H2,1H3. The number of nitrogens with zero attached hydrogens (tertiary/aromatic N) is 6. The summed E-state index contributed by atoms with van der Waals surface area (Å²) < 4.78 is 1.83. The normalized spacial score (nSPS) is 15.6. The number of likely N-dealkylation sites (N-methyl/N-ethyl adjacent to an activating group) is 1. The van der Waals surface area contributed by atoms with Gasteiger partial charge in [0, 0.05) is 49.7 Å². The van der Waals surface area contributed by atoms with E-state index in [1.54, 1.807) is 6.20 Å². The molecule has 25 heavy (non-hydrogen) atoms. The Balaban J connectivity index is 1.53. The second-order valence-electron chi connectivity index (χ2n) is 6.12. The summed E-state index contributed by atoms with van der Waals surface area (Å²) in [4.78, 5) is 21.1. The van der Waals surface area contributed by atoms with Crippen molar-refractivity contribution in [2.45, 2.75) is 6.92 Å². The molecule has 0 spiro atoms. The lowest BCUT2D eigenvalue weighted by molar-refractivity contribution is 0.0643. The van der Waals surface area contributed by atoms with Gasteiger partial charge < -0.3 is 9.80 Å². The van der Waals surface area contributed by atoms with Gasteiger partial charge in [-0.1, -0.05) is 19.1 Å². The van der Waals surface area contributed by atoms with E-state index in [0.29, 0.717) is 11.3 Å². The van der Waals surface area contributed by atoms with Crippen LogP contribution in [-0.4, -0.2) is 68.0 Å². The minimum Gasteiger partial charge on any atom is -0.336 e. The van der Waals surface area contributed by atoms with Gasteiger partial charge in [-0.05, 0) is 24.7 Å². The van der Waals surface area contributed by atoms with Crippen molar-refractivity contribution in [1.29, 1.82) is 0 Å². The van der Waals surface area contributed by atoms with Crippen LogP contribution in [0.4, 0.5) is 0 Å². The summed E-state index contributed by atoms with van der Waals surface area (Å²) in [6.07, 6.45) is 3.57. The minimum atomic E-state index is 0.0927. The van der Waals surface area contributed by atoms with Gasteiger partial charge in [0.15, 0.2) is 5.82 Å². The zero-order valence-electron chi connectivity index (χ0n) is 14.2. The molecule has 7 heteroatoms. The Bertz CT molecular complexity index is 880. The summed E-state index contributed by atoms with van der Waals surface area (Å²) in [7, 11) is 0. The monoisotopic (exact) mass is 336 g/mol. The lowest BCUT2D eigenvalue weighted by Crippen LogP contribution is -2.48. The zero-order valence-corrected chi connectivity index (χ0v) is 14.2. The maximum Gasteiger partial charge on any atom is 0.255 e. The third-order valence-electron chi connectivity index (χ3n) is 4.69. The van der Waals surface area contributed by atoms with E-state index < -0.39 is 0 Å². The molecule has 7 nitrogen and oxygen atoms in total. The van der Waals surface area contributed by atoms with Crippen LogP contribution in [0.5, 0.6) is 0 Å². The van der Waals surface area contributed by atoms with Crippen LogP contribution in [-0.2, 0) is 0 Å². The average Bonchev–Trinajstić information content (AvgIpc) is 3.12. The van der Waals surface area contributed by atoms with E-state index in [4.69, 9.17) is 0 Å². The highest BCUT2D eigenvalue weighted by molar-refractivity contribution is 5.94. The van der Waals surface area contributed by atoms with Crippen LogP contribution < -0.4 is 0 Å². The summed E-state index contributed by atoms with van der Waals surface area (Å²) in [5.41, 5.74) is 1.62. The summed E-state index contributed by atoms with van der Waals surface area (Å²) in [5.74, 6) is 1.38. The summed E-state index contributed by atoms with van der Waals surface area (Å²) in [6, 6.07) is 9.40. The van der Waals surface area contributed by atoms with Gasteiger partial charge >= 0.3 is 0 Å². The van der Waals surface area contributed by atoms with Crippen LogP contribution in [0.25, 0.3) is 17.2 Å². The lowest BCUT2D eigenvalue weighted by Gasteiger charge is -2.34. The Morgan fingerprint density at radius 2 is 1.84 bits per heavy atom. The Kier molecular flexibility index (Phi) is 4.15. The smallest absolute Gasteiger partial charge is 0.255 e. The minimum absolute atomic E-state index is 0.0927. The maximum atomic E-state index is 12.7. The molecule has 0 radical (unpaired) electrons. The first kappa shape index (κ1) is 15.7. The Hall–Kier alpha value is -2.80. The number of rotatable bonds is 3. The van der Waals surface area contributed by atoms with Crippen LogP contribution in [0.3, 0.4) is 0 Å². The molecule has 128 valence electrons. The Labute approximate surface area is 145 Å². The first-order valence-electron chi connectivity index (χ1n) is 8.54. The first-order chi connectivity index (χ1) is 12.3. The van der Waals surface area contributed by atoms with Gasteiger partial charge in [-0.3, -0.25) is 9.20 Å². The van der Waals surface area contributed by atoms with Crippen molar-refractivity contribution < 1.29 is 4.79 Å². The molecule has 1 aliphatic heterocycles. The number of hydrogen-bond acceptors (Lipinski definition) is 5. The van der Waals surface area contributed by atoms with E-state index in [9.17, 15) is 4.79 Å². The Morgan fingerprint density at radius 3 is 2.56 bits per heavy atom. The first-order valence-corrected chi connectivity index (χ1v) is 8.54. The summed E-state index contributed by atoms with van der Waals surface area (Å²) in [6.45, 7) is 6.65. The molecule has 2 aromatic heterocycles. The maximum absolute atomic E-state index is 12.7. The molecule has 1 saturated heterocycles. The molecule has 0 N–H and O–H groups in total. The number of amides is 1. The van der Waals surface area contributed by atoms with E-state index in [-0.39, 0.29) is 5.91 Å². The van der Waals surface area contributed by atoms with E-state index in [0.717, 1.165) is 44.1 Å². The van der Waals surface area contributed by atoms with Crippen molar-refractivity contribution in [1.82, 2.24) is 29.4 Å². The number of hydrogen-bond donors (Lipinski definition) is 0. The second-order valence-corrected chi connectivity index (χ2v) is 6.12. The van der Waals surface area contributed by atoms with Crippen LogP contribution in [0, 0.1) is 0 Å². The number of aromatic nitrogens is 4. The number of benzene rings is 1. The van der Waals surface area contributed by atoms with E-state index in [1.807, 2.05) is 45.8 Å². The van der Waals surface area contributed by atoms with Gasteiger partial charge in [0.05, 0.1) is 0 Å². The number of carbonyl (C=O) groups is 1. The molecule has 1 aromatic carbocycles. The quantitative estimate of drug-likeness (QED) is 0.726. The predicted octanol–water partition coefficient (Wildman–Crippen LogP) is 1.57. The summed E-state index contributed by atoms with van der Waals surface area (Å²) >= 11 is 0. The topological polar surface area (TPSA) is 66.6 Å². The average molecular weight is 336 g/mol. The largest absolute Gasteiger partial charge is 0.336 e. The van der Waals surface area contributed by atoms with Crippen LogP contribution in [0.15, 0.2) is 42.7 Å². The SMILES string of the molecule is CCN1CCN(C(=O)c2ccc(-c3nnc4ncccn34)cc2)CC1. The molecule has 4 rings (SSSR count). The van der Waals surface area contributed by atoms with Crippen LogP contribution in [0.2, 0.25) is 0 Å². The van der Waals surface area contributed by atoms with Crippen molar-refractivity contribution in [3.8, 4) is 11.4 Å². The molecule has 3 aromatic rings. The van der Waals surface area contributed by atoms with Crippen molar-refractivity contribution in [3.63, 3.8) is 0 Å². The zero-order chi connectivity index (χ0) is 17.2. The molecule has 0 aliphatic carbocycles. The Morgan fingerprint density at radius 1 is 1.08 bits per heavy atom. The molecule has 1 aliphatic rings. The highest BCUT2D eigenvalue weighted by Gasteiger charge is 2.21. The molecular formula is C18H20N6O. The molecular weight excluding hydrogens is 316 g/mol. The summed E-state index contributed by atoms with van der Waals surface area (Å²) in [5, 5.41) is 8.26. The predicted molar refractivity (Wildman–Crippen MR) is 94.2 cm³/mol. The van der Waals surface area contributed by atoms with Crippen molar-refractivity contribution in [2.75, 3.05) is 32.7 Å². The van der Waals surface area contributed by atoms with Crippen molar-refractivity contribution in [2.24, 2.45) is 0 Å². The molecule has 3 heterocycles. The molecule has 0 bridgehead atoms. The van der Waals surface area contributed by atoms with Gasteiger partial charge in [-0.25, -0.2) is 4.98 Å². The highest BCUT2D eigenvalue weighted by Crippen LogP contribution is 2.19. The van der Waals surface area contributed by atoms with Crippen LogP contribution in [0.1, 0.15) is 17.3 Å².